The fraction of sp³-hybridized carbons (Fsp3) is 0.941. The van der Waals surface area contributed by atoms with Crippen LogP contribution in [0.25, 0.3) is 0 Å². The Bertz CT molecular complexity index is 1110. The topological polar surface area (TPSA) is 95.9 Å². The van der Waals surface area contributed by atoms with Crippen LogP contribution in [0, 0.1) is 0 Å². The van der Waals surface area contributed by atoms with Gasteiger partial charge in [-0.2, -0.15) is 0 Å². The van der Waals surface area contributed by atoms with E-state index in [1.807, 2.05) is 0 Å². The Balaban J connectivity index is 3.35. The zero-order valence-corrected chi connectivity index (χ0v) is 50.4. The third-order valence-corrected chi connectivity index (χ3v) is 16.1. The molecule has 0 aliphatic heterocycles. The Morgan fingerprint density at radius 1 is 0.365 bits per heavy atom. The molecule has 6 nitrogen and oxygen atoms in total. The summed E-state index contributed by atoms with van der Waals surface area (Å²) in [5.41, 5.74) is 0. The second kappa shape index (κ2) is 64.1. The lowest BCUT2D eigenvalue weighted by atomic mass is 10.0. The molecule has 0 aliphatic rings. The number of aliphatic hydroxyl groups excluding tert-OH is 2. The largest absolute Gasteiger partial charge is 0.466 e. The Hall–Kier alpha value is -1.40. The number of esters is 1. The van der Waals surface area contributed by atoms with E-state index in [0.29, 0.717) is 25.9 Å². The van der Waals surface area contributed by atoms with Crippen LogP contribution in [0.3, 0.4) is 0 Å². The van der Waals surface area contributed by atoms with Crippen molar-refractivity contribution in [1.82, 2.24) is 5.32 Å². The summed E-state index contributed by atoms with van der Waals surface area (Å²) in [6.45, 7) is 4.99. The number of aliphatic hydroxyl groups is 2. The zero-order valence-electron chi connectivity index (χ0n) is 50.4. The van der Waals surface area contributed by atoms with Gasteiger partial charge in [0.1, 0.15) is 0 Å². The van der Waals surface area contributed by atoms with E-state index < -0.39 is 12.1 Å². The van der Waals surface area contributed by atoms with Crippen molar-refractivity contribution >= 4 is 11.9 Å². The number of nitrogens with one attached hydrogen (secondary N) is 1. The van der Waals surface area contributed by atoms with E-state index in [1.54, 1.807) is 0 Å². The van der Waals surface area contributed by atoms with Gasteiger partial charge in [0.15, 0.2) is 0 Å². The van der Waals surface area contributed by atoms with E-state index in [1.165, 1.54) is 315 Å². The molecule has 0 saturated heterocycles. The second-order valence-corrected chi connectivity index (χ2v) is 23.5. The molecule has 2 atom stereocenters. The standard InChI is InChI=1S/C68H133NO5/c1-3-5-7-9-11-13-15-17-18-19-31-34-38-42-46-50-54-58-62-68(73)74-63-59-55-51-47-43-39-35-32-29-27-25-23-21-20-22-24-26-28-30-33-37-41-45-49-53-57-61-67(72)69-65(64-70)66(71)60-56-52-48-44-40-36-16-14-12-10-8-6-4-2/h20,22,65-66,70-71H,3-19,21,23-64H2,1-2H3,(H,69,72)/b22-20-. The summed E-state index contributed by atoms with van der Waals surface area (Å²) in [5.74, 6) is -0.0152. The number of carbonyl (C=O) groups is 2. The molecule has 3 N–H and O–H groups in total. The highest BCUT2D eigenvalue weighted by Crippen LogP contribution is 2.19. The molecule has 0 radical (unpaired) electrons. The van der Waals surface area contributed by atoms with Gasteiger partial charge >= 0.3 is 5.97 Å². The first-order valence-corrected chi connectivity index (χ1v) is 33.9. The molecule has 6 heteroatoms. The average molecular weight is 1040 g/mol. The zero-order chi connectivity index (χ0) is 53.6. The van der Waals surface area contributed by atoms with Crippen LogP contribution in [0.5, 0.6) is 0 Å². The fourth-order valence-corrected chi connectivity index (χ4v) is 10.9. The Morgan fingerprint density at radius 2 is 0.635 bits per heavy atom. The van der Waals surface area contributed by atoms with Crippen LogP contribution in [0.1, 0.15) is 386 Å². The number of rotatable bonds is 64. The van der Waals surface area contributed by atoms with Gasteiger partial charge in [-0.05, 0) is 51.4 Å². The van der Waals surface area contributed by atoms with Gasteiger partial charge in [-0.3, -0.25) is 9.59 Å². The molecule has 440 valence electrons. The Kier molecular flexibility index (Phi) is 62.9. The van der Waals surface area contributed by atoms with Gasteiger partial charge in [0.25, 0.3) is 0 Å². The van der Waals surface area contributed by atoms with Crippen LogP contribution >= 0.6 is 0 Å². The molecule has 0 spiro atoms. The quantitative estimate of drug-likeness (QED) is 0.0320. The van der Waals surface area contributed by atoms with E-state index in [9.17, 15) is 19.8 Å². The molecular formula is C68H133NO5. The first-order valence-electron chi connectivity index (χ1n) is 33.9. The van der Waals surface area contributed by atoms with Crippen molar-refractivity contribution in [2.75, 3.05) is 13.2 Å². The minimum atomic E-state index is -0.664. The van der Waals surface area contributed by atoms with Gasteiger partial charge in [0, 0.05) is 12.8 Å². The summed E-state index contributed by atoms with van der Waals surface area (Å²) < 4.78 is 5.51. The molecule has 74 heavy (non-hydrogen) atoms. The molecule has 0 fully saturated rings. The molecule has 0 aromatic heterocycles. The summed E-state index contributed by atoms with van der Waals surface area (Å²) in [6, 6.07) is -0.541. The van der Waals surface area contributed by atoms with Crippen molar-refractivity contribution in [3.8, 4) is 0 Å². The van der Waals surface area contributed by atoms with Gasteiger partial charge in [-0.1, -0.05) is 334 Å². The second-order valence-electron chi connectivity index (χ2n) is 23.5. The van der Waals surface area contributed by atoms with Crippen LogP contribution in [-0.2, 0) is 14.3 Å². The number of unbranched alkanes of at least 4 members (excludes halogenated alkanes) is 51. The first-order chi connectivity index (χ1) is 36.5. The van der Waals surface area contributed by atoms with Crippen molar-refractivity contribution in [2.45, 2.75) is 398 Å². The third-order valence-electron chi connectivity index (χ3n) is 16.1. The molecule has 0 bridgehead atoms. The predicted octanol–water partition coefficient (Wildman–Crippen LogP) is 21.6. The molecule has 2 unspecified atom stereocenters. The molecule has 0 aliphatic carbocycles. The highest BCUT2D eigenvalue weighted by Gasteiger charge is 2.20. The van der Waals surface area contributed by atoms with E-state index in [4.69, 9.17) is 4.74 Å². The molecule has 0 saturated carbocycles. The maximum atomic E-state index is 12.5. The lowest BCUT2D eigenvalue weighted by Gasteiger charge is -2.22. The molecule has 0 aromatic carbocycles. The SMILES string of the molecule is CCCCCCCCCCCCCCCCCCCCC(=O)OCCCCCCCCCCCCCC/C=C\CCCCCCCCCCCCC(=O)NC(CO)C(O)CCCCCCCCCCCCCCC. The van der Waals surface area contributed by atoms with E-state index >= 15 is 0 Å². The summed E-state index contributed by atoms with van der Waals surface area (Å²) in [6.07, 6.45) is 78.2. The minimum absolute atomic E-state index is 0.0196. The van der Waals surface area contributed by atoms with Crippen LogP contribution in [0.4, 0.5) is 0 Å². The number of ether oxygens (including phenoxy) is 1. The Labute approximate surface area is 463 Å². The van der Waals surface area contributed by atoms with Gasteiger partial charge < -0.3 is 20.3 Å². The van der Waals surface area contributed by atoms with E-state index in [0.717, 1.165) is 38.5 Å². The van der Waals surface area contributed by atoms with Crippen LogP contribution in [0.15, 0.2) is 12.2 Å². The Morgan fingerprint density at radius 3 is 0.959 bits per heavy atom. The van der Waals surface area contributed by atoms with Crippen LogP contribution in [0.2, 0.25) is 0 Å². The van der Waals surface area contributed by atoms with Crippen LogP contribution < -0.4 is 5.32 Å². The van der Waals surface area contributed by atoms with Crippen molar-refractivity contribution in [2.24, 2.45) is 0 Å². The maximum Gasteiger partial charge on any atom is 0.305 e. The van der Waals surface area contributed by atoms with Gasteiger partial charge in [0.05, 0.1) is 25.4 Å². The number of allylic oxidation sites excluding steroid dienone is 2. The fourth-order valence-electron chi connectivity index (χ4n) is 10.9. The minimum Gasteiger partial charge on any atom is -0.466 e. The van der Waals surface area contributed by atoms with Gasteiger partial charge in [-0.25, -0.2) is 0 Å². The van der Waals surface area contributed by atoms with Gasteiger partial charge in [0.2, 0.25) is 5.91 Å². The normalized spacial score (nSPS) is 12.5. The van der Waals surface area contributed by atoms with E-state index in [-0.39, 0.29) is 18.5 Å². The third kappa shape index (κ3) is 59.8. The van der Waals surface area contributed by atoms with Crippen molar-refractivity contribution < 1.29 is 24.5 Å². The lowest BCUT2D eigenvalue weighted by molar-refractivity contribution is -0.143. The molecular weight excluding hydrogens is 911 g/mol. The highest BCUT2D eigenvalue weighted by atomic mass is 16.5. The smallest absolute Gasteiger partial charge is 0.305 e. The molecule has 0 heterocycles. The maximum absolute atomic E-state index is 12.5. The monoisotopic (exact) mass is 1040 g/mol. The average Bonchev–Trinajstić information content (AvgIpc) is 3.40. The first kappa shape index (κ1) is 72.6. The number of amides is 1. The van der Waals surface area contributed by atoms with E-state index in [2.05, 4.69) is 31.3 Å². The number of carbonyl (C=O) groups excluding carboxylic acids is 2. The highest BCUT2D eigenvalue weighted by molar-refractivity contribution is 5.76. The molecule has 0 rings (SSSR count). The van der Waals surface area contributed by atoms with Crippen LogP contribution in [-0.4, -0.2) is 47.4 Å². The van der Waals surface area contributed by atoms with Gasteiger partial charge in [-0.15, -0.1) is 0 Å². The van der Waals surface area contributed by atoms with Crippen molar-refractivity contribution in [3.05, 3.63) is 12.2 Å². The molecule has 0 aromatic rings. The summed E-state index contributed by atoms with van der Waals surface area (Å²) >= 11 is 0. The lowest BCUT2D eigenvalue weighted by Crippen LogP contribution is -2.45. The summed E-state index contributed by atoms with van der Waals surface area (Å²) in [5, 5.41) is 23.3. The van der Waals surface area contributed by atoms with Crippen molar-refractivity contribution in [3.63, 3.8) is 0 Å². The van der Waals surface area contributed by atoms with Crippen molar-refractivity contribution in [1.29, 1.82) is 0 Å². The number of hydrogen-bond acceptors (Lipinski definition) is 5. The number of hydrogen-bond donors (Lipinski definition) is 3. The summed E-state index contributed by atoms with van der Waals surface area (Å²) in [7, 11) is 0. The molecule has 1 amide bonds. The summed E-state index contributed by atoms with van der Waals surface area (Å²) in [4.78, 5) is 24.6. The predicted molar refractivity (Wildman–Crippen MR) is 324 cm³/mol.